The minimum atomic E-state index is -0.492. The molecule has 4 nitrogen and oxygen atoms in total. The second-order valence-corrected chi connectivity index (χ2v) is 5.17. The highest BCUT2D eigenvalue weighted by atomic mass is 19.1. The van der Waals surface area contributed by atoms with Crippen LogP contribution in [0.25, 0.3) is 0 Å². The van der Waals surface area contributed by atoms with E-state index in [9.17, 15) is 14.3 Å². The minimum absolute atomic E-state index is 0.0962. The Hall–Kier alpha value is -2.69. The largest absolute Gasteiger partial charge is 0.507 e. The van der Waals surface area contributed by atoms with Crippen molar-refractivity contribution in [2.75, 3.05) is 0 Å². The zero-order chi connectivity index (χ0) is 15.7. The summed E-state index contributed by atoms with van der Waals surface area (Å²) in [5.41, 5.74) is 1.56. The summed E-state index contributed by atoms with van der Waals surface area (Å²) in [6, 6.07) is 12.7. The van der Waals surface area contributed by atoms with Crippen LogP contribution in [-0.2, 0) is 4.79 Å². The topological polar surface area (TPSA) is 52.9 Å². The molecule has 0 aromatic heterocycles. The first kappa shape index (κ1) is 14.3. The van der Waals surface area contributed by atoms with E-state index in [0.717, 1.165) is 0 Å². The zero-order valence-corrected chi connectivity index (χ0v) is 12.0. The van der Waals surface area contributed by atoms with Gasteiger partial charge in [0.05, 0.1) is 11.8 Å². The molecule has 1 N–H and O–H groups in total. The van der Waals surface area contributed by atoms with Crippen LogP contribution >= 0.6 is 0 Å². The van der Waals surface area contributed by atoms with Crippen molar-refractivity contribution in [3.05, 3.63) is 65.5 Å². The highest BCUT2D eigenvalue weighted by Gasteiger charge is 2.33. The molecule has 0 aliphatic carbocycles. The van der Waals surface area contributed by atoms with Crippen molar-refractivity contribution >= 4 is 11.6 Å². The maximum absolute atomic E-state index is 14.0. The molecule has 1 unspecified atom stereocenters. The molecule has 1 amide bonds. The van der Waals surface area contributed by atoms with Crippen LogP contribution in [0.15, 0.2) is 53.6 Å². The summed E-state index contributed by atoms with van der Waals surface area (Å²) in [6.45, 7) is 1.39. The van der Waals surface area contributed by atoms with Gasteiger partial charge in [-0.15, -0.1) is 0 Å². The lowest BCUT2D eigenvalue weighted by molar-refractivity contribution is -0.130. The van der Waals surface area contributed by atoms with Crippen LogP contribution in [0.1, 0.15) is 30.5 Å². The average Bonchev–Trinajstić information content (AvgIpc) is 2.93. The molecule has 5 heteroatoms. The molecule has 1 aliphatic heterocycles. The molecule has 1 aliphatic rings. The van der Waals surface area contributed by atoms with Gasteiger partial charge in [-0.1, -0.05) is 30.3 Å². The molecule has 0 radical (unpaired) electrons. The molecule has 2 aromatic carbocycles. The van der Waals surface area contributed by atoms with Crippen molar-refractivity contribution in [2.24, 2.45) is 5.10 Å². The van der Waals surface area contributed by atoms with Gasteiger partial charge in [0.1, 0.15) is 11.6 Å². The molecular formula is C17H15FN2O2. The first-order valence-corrected chi connectivity index (χ1v) is 6.98. The third kappa shape index (κ3) is 2.45. The average molecular weight is 298 g/mol. The van der Waals surface area contributed by atoms with E-state index in [1.165, 1.54) is 18.0 Å². The Morgan fingerprint density at radius 3 is 2.59 bits per heavy atom. The number of nitrogens with zero attached hydrogens (tertiary/aromatic N) is 2. The van der Waals surface area contributed by atoms with Crippen LogP contribution in [0.5, 0.6) is 5.75 Å². The monoisotopic (exact) mass is 298 g/mol. The summed E-state index contributed by atoms with van der Waals surface area (Å²) < 4.78 is 14.0. The summed E-state index contributed by atoms with van der Waals surface area (Å²) in [4.78, 5) is 11.8. The number of hydrogen-bond donors (Lipinski definition) is 1. The molecule has 0 saturated heterocycles. The number of phenolic OH excluding ortho intramolecular Hbond substituents is 1. The summed E-state index contributed by atoms with van der Waals surface area (Å²) in [6.07, 6.45) is 0.359. The molecule has 1 atom stereocenters. The van der Waals surface area contributed by atoms with Gasteiger partial charge in [-0.2, -0.15) is 5.10 Å². The SMILES string of the molecule is CC(=O)N1N=C(c2ccccc2O)CC1c1ccccc1F. The summed E-state index contributed by atoms with van der Waals surface area (Å²) in [5.74, 6) is -0.537. The van der Waals surface area contributed by atoms with Gasteiger partial charge in [0.2, 0.25) is 5.91 Å². The van der Waals surface area contributed by atoms with Crippen molar-refractivity contribution in [1.82, 2.24) is 5.01 Å². The van der Waals surface area contributed by atoms with Crippen molar-refractivity contribution in [1.29, 1.82) is 0 Å². The first-order valence-electron chi connectivity index (χ1n) is 6.98. The predicted molar refractivity (Wildman–Crippen MR) is 80.9 cm³/mol. The van der Waals surface area contributed by atoms with Gasteiger partial charge < -0.3 is 5.11 Å². The summed E-state index contributed by atoms with van der Waals surface area (Å²) >= 11 is 0. The number of rotatable bonds is 2. The molecule has 0 spiro atoms. The molecule has 22 heavy (non-hydrogen) atoms. The van der Waals surface area contributed by atoms with E-state index in [4.69, 9.17) is 0 Å². The van der Waals surface area contributed by atoms with Gasteiger partial charge in [0.15, 0.2) is 0 Å². The van der Waals surface area contributed by atoms with E-state index in [-0.39, 0.29) is 17.5 Å². The number of phenols is 1. The number of hydrazone groups is 1. The molecule has 1 heterocycles. The molecule has 2 aromatic rings. The fraction of sp³-hybridized carbons (Fsp3) is 0.176. The van der Waals surface area contributed by atoms with Crippen molar-refractivity contribution < 1.29 is 14.3 Å². The third-order valence-electron chi connectivity index (χ3n) is 3.71. The number of benzene rings is 2. The molecule has 0 bridgehead atoms. The van der Waals surface area contributed by atoms with Crippen LogP contribution < -0.4 is 0 Å². The number of para-hydroxylation sites is 1. The Morgan fingerprint density at radius 1 is 1.23 bits per heavy atom. The van der Waals surface area contributed by atoms with E-state index in [1.54, 1.807) is 42.5 Å². The van der Waals surface area contributed by atoms with Crippen molar-refractivity contribution in [3.63, 3.8) is 0 Å². The van der Waals surface area contributed by atoms with Gasteiger partial charge in [-0.05, 0) is 18.2 Å². The van der Waals surface area contributed by atoms with Gasteiger partial charge in [0.25, 0.3) is 0 Å². The Bertz CT molecular complexity index is 758. The molecule has 3 rings (SSSR count). The van der Waals surface area contributed by atoms with Crippen LogP contribution in [0, 0.1) is 5.82 Å². The number of amides is 1. The highest BCUT2D eigenvalue weighted by Crippen LogP contribution is 2.35. The van der Waals surface area contributed by atoms with Gasteiger partial charge in [0, 0.05) is 24.5 Å². The maximum Gasteiger partial charge on any atom is 0.240 e. The molecule has 112 valence electrons. The van der Waals surface area contributed by atoms with E-state index >= 15 is 0 Å². The lowest BCUT2D eigenvalue weighted by Gasteiger charge is -2.20. The number of carbonyl (C=O) groups is 1. The van der Waals surface area contributed by atoms with Crippen molar-refractivity contribution in [2.45, 2.75) is 19.4 Å². The Kier molecular flexibility index (Phi) is 3.63. The Labute approximate surface area is 127 Å². The lowest BCUT2D eigenvalue weighted by Crippen LogP contribution is -2.25. The number of hydrogen-bond acceptors (Lipinski definition) is 3. The van der Waals surface area contributed by atoms with Gasteiger partial charge >= 0.3 is 0 Å². The molecular weight excluding hydrogens is 283 g/mol. The van der Waals surface area contributed by atoms with E-state index < -0.39 is 6.04 Å². The first-order chi connectivity index (χ1) is 10.6. The quantitative estimate of drug-likeness (QED) is 0.925. The zero-order valence-electron chi connectivity index (χ0n) is 12.0. The van der Waals surface area contributed by atoms with Crippen LogP contribution in [0.4, 0.5) is 4.39 Å². The molecule has 0 saturated carbocycles. The van der Waals surface area contributed by atoms with Crippen LogP contribution in [-0.4, -0.2) is 21.7 Å². The number of carbonyl (C=O) groups excluding carboxylic acids is 1. The summed E-state index contributed by atoms with van der Waals surface area (Å²) in [7, 11) is 0. The lowest BCUT2D eigenvalue weighted by atomic mass is 9.97. The minimum Gasteiger partial charge on any atom is -0.507 e. The molecule has 0 fully saturated rings. The fourth-order valence-electron chi connectivity index (χ4n) is 2.67. The van der Waals surface area contributed by atoms with Crippen LogP contribution in [0.2, 0.25) is 0 Å². The van der Waals surface area contributed by atoms with E-state index in [0.29, 0.717) is 23.3 Å². The fourth-order valence-corrected chi connectivity index (χ4v) is 2.67. The van der Waals surface area contributed by atoms with E-state index in [1.807, 2.05) is 0 Å². The van der Waals surface area contributed by atoms with Crippen LogP contribution in [0.3, 0.4) is 0 Å². The Balaban J connectivity index is 2.01. The maximum atomic E-state index is 14.0. The second-order valence-electron chi connectivity index (χ2n) is 5.17. The second kappa shape index (κ2) is 5.60. The highest BCUT2D eigenvalue weighted by molar-refractivity contribution is 6.05. The van der Waals surface area contributed by atoms with Crippen molar-refractivity contribution in [3.8, 4) is 5.75 Å². The van der Waals surface area contributed by atoms with E-state index in [2.05, 4.69) is 5.10 Å². The third-order valence-corrected chi connectivity index (χ3v) is 3.71. The summed E-state index contributed by atoms with van der Waals surface area (Å²) in [5, 5.41) is 15.5. The predicted octanol–water partition coefficient (Wildman–Crippen LogP) is 3.23. The van der Waals surface area contributed by atoms with Gasteiger partial charge in [-0.25, -0.2) is 9.40 Å². The van der Waals surface area contributed by atoms with Gasteiger partial charge in [-0.3, -0.25) is 4.79 Å². The standard InChI is InChI=1S/C17H15FN2O2/c1-11(21)20-16(12-6-2-4-8-14(12)18)10-15(19-20)13-7-3-5-9-17(13)22/h2-9,16,22H,10H2,1H3. The smallest absolute Gasteiger partial charge is 0.240 e. The normalized spacial score (nSPS) is 17.5. The number of aromatic hydroxyl groups is 1. The Morgan fingerprint density at radius 2 is 1.91 bits per heavy atom. The number of halogens is 1.